The molecule has 1 aliphatic heterocycles. The quantitative estimate of drug-likeness (QED) is 0.743. The van der Waals surface area contributed by atoms with Gasteiger partial charge >= 0.3 is 0 Å². The molecule has 0 atom stereocenters. The molecule has 0 fully saturated rings. The molecule has 23 heavy (non-hydrogen) atoms. The second kappa shape index (κ2) is 5.29. The van der Waals surface area contributed by atoms with Gasteiger partial charge in [0.1, 0.15) is 17.2 Å². The van der Waals surface area contributed by atoms with E-state index in [4.69, 9.17) is 0 Å². The number of fused-ring (bicyclic) bond motifs is 1. The normalized spacial score (nSPS) is 13.6. The van der Waals surface area contributed by atoms with Crippen molar-refractivity contribution in [3.05, 3.63) is 41.9 Å². The summed E-state index contributed by atoms with van der Waals surface area (Å²) in [6.45, 7) is -0.0472. The molecular weight excluding hydrogens is 316 g/mol. The van der Waals surface area contributed by atoms with Gasteiger partial charge in [-0.3, -0.25) is 24.6 Å². The predicted octanol–water partition coefficient (Wildman–Crippen LogP) is 1.53. The largest absolute Gasteiger partial charge is 0.321 e. The van der Waals surface area contributed by atoms with E-state index < -0.39 is 0 Å². The van der Waals surface area contributed by atoms with E-state index in [2.05, 4.69) is 25.5 Å². The van der Waals surface area contributed by atoms with Crippen LogP contribution in [0.25, 0.3) is 10.6 Å². The molecule has 0 unspecified atom stereocenters. The molecule has 9 heteroatoms. The van der Waals surface area contributed by atoms with E-state index in [1.807, 2.05) is 0 Å². The van der Waals surface area contributed by atoms with E-state index in [1.54, 1.807) is 30.0 Å². The summed E-state index contributed by atoms with van der Waals surface area (Å²) < 4.78 is 0. The van der Waals surface area contributed by atoms with E-state index in [1.165, 1.54) is 22.4 Å². The molecule has 2 N–H and O–H groups in total. The van der Waals surface area contributed by atoms with Gasteiger partial charge in [0.25, 0.3) is 5.91 Å². The molecule has 1 aliphatic rings. The fraction of sp³-hybridized carbons (Fsp3) is 0.0714. The highest BCUT2D eigenvalue weighted by atomic mass is 32.1. The summed E-state index contributed by atoms with van der Waals surface area (Å²) in [5, 5.41) is 11.6. The van der Waals surface area contributed by atoms with Crippen molar-refractivity contribution in [3.8, 4) is 10.6 Å². The monoisotopic (exact) mass is 326 g/mol. The number of aromatic amines is 1. The van der Waals surface area contributed by atoms with Crippen molar-refractivity contribution in [2.24, 2.45) is 0 Å². The number of H-pyrrole nitrogens is 1. The van der Waals surface area contributed by atoms with E-state index in [0.29, 0.717) is 22.1 Å². The van der Waals surface area contributed by atoms with Crippen molar-refractivity contribution in [3.63, 3.8) is 0 Å². The number of carbonyl (C=O) groups is 2. The van der Waals surface area contributed by atoms with Gasteiger partial charge in [0, 0.05) is 23.3 Å². The summed E-state index contributed by atoms with van der Waals surface area (Å²) in [5.41, 5.74) is 2.24. The Labute approximate surface area is 134 Å². The van der Waals surface area contributed by atoms with E-state index in [0.717, 1.165) is 5.56 Å². The fourth-order valence-electron chi connectivity index (χ4n) is 2.33. The third-order valence-corrected chi connectivity index (χ3v) is 4.27. The summed E-state index contributed by atoms with van der Waals surface area (Å²) in [6.07, 6.45) is 6.45. The molecule has 0 saturated carbocycles. The number of carbonyl (C=O) groups excluding carboxylic acids is 2. The third-order valence-electron chi connectivity index (χ3n) is 3.38. The average molecular weight is 326 g/mol. The van der Waals surface area contributed by atoms with Crippen LogP contribution in [0, 0.1) is 0 Å². The van der Waals surface area contributed by atoms with Crippen LogP contribution in [-0.2, 0) is 4.79 Å². The van der Waals surface area contributed by atoms with Crippen LogP contribution in [0.1, 0.15) is 10.5 Å². The molecule has 4 heterocycles. The van der Waals surface area contributed by atoms with Gasteiger partial charge in [0.15, 0.2) is 0 Å². The first-order chi connectivity index (χ1) is 11.2. The molecule has 2 amide bonds. The SMILES string of the molecule is O=C1CN(C(=O)c2csc(-c3cn[nH]c3)n2)c2ccncc2N1. The Morgan fingerprint density at radius 2 is 2.26 bits per heavy atom. The van der Waals surface area contributed by atoms with Crippen LogP contribution in [0.3, 0.4) is 0 Å². The van der Waals surface area contributed by atoms with Gasteiger partial charge in [-0.25, -0.2) is 4.98 Å². The van der Waals surface area contributed by atoms with Gasteiger partial charge in [0.2, 0.25) is 5.91 Å². The average Bonchev–Trinajstić information content (AvgIpc) is 3.24. The van der Waals surface area contributed by atoms with Crippen LogP contribution in [0.15, 0.2) is 36.2 Å². The molecule has 0 spiro atoms. The summed E-state index contributed by atoms with van der Waals surface area (Å²) >= 11 is 1.35. The van der Waals surface area contributed by atoms with Gasteiger partial charge in [-0.1, -0.05) is 0 Å². The summed E-state index contributed by atoms with van der Waals surface area (Å²) in [5.74, 6) is -0.581. The molecule has 114 valence electrons. The molecule has 4 rings (SSSR count). The number of hydrogen-bond donors (Lipinski definition) is 2. The van der Waals surface area contributed by atoms with Crippen LogP contribution in [-0.4, -0.2) is 38.5 Å². The Hall–Kier alpha value is -3.07. The predicted molar refractivity (Wildman–Crippen MR) is 84.2 cm³/mol. The van der Waals surface area contributed by atoms with Crippen LogP contribution in [0.5, 0.6) is 0 Å². The minimum Gasteiger partial charge on any atom is -0.321 e. The highest BCUT2D eigenvalue weighted by molar-refractivity contribution is 7.13. The molecule has 0 aliphatic carbocycles. The maximum atomic E-state index is 12.7. The summed E-state index contributed by atoms with van der Waals surface area (Å²) in [4.78, 5) is 34.3. The van der Waals surface area contributed by atoms with E-state index in [-0.39, 0.29) is 18.4 Å². The molecule has 0 radical (unpaired) electrons. The standard InChI is InChI=1S/C14H10N6O2S/c21-12-6-20(11-1-2-15-5-9(11)18-12)14(22)10-7-23-13(19-10)8-3-16-17-4-8/h1-5,7H,6H2,(H,16,17)(H,18,21). The lowest BCUT2D eigenvalue weighted by Gasteiger charge is -2.28. The van der Waals surface area contributed by atoms with Crippen molar-refractivity contribution in [2.75, 3.05) is 16.8 Å². The van der Waals surface area contributed by atoms with Crippen LogP contribution in [0.4, 0.5) is 11.4 Å². The molecule has 3 aromatic heterocycles. The number of amides is 2. The number of nitrogens with zero attached hydrogens (tertiary/aromatic N) is 4. The minimum absolute atomic E-state index is 0.0472. The van der Waals surface area contributed by atoms with Crippen molar-refractivity contribution >= 4 is 34.5 Å². The number of nitrogens with one attached hydrogen (secondary N) is 2. The van der Waals surface area contributed by atoms with Gasteiger partial charge in [-0.05, 0) is 6.07 Å². The number of anilines is 2. The number of pyridine rings is 1. The first-order valence-corrected chi connectivity index (χ1v) is 7.61. The molecule has 0 aromatic carbocycles. The van der Waals surface area contributed by atoms with Crippen molar-refractivity contribution in [1.29, 1.82) is 0 Å². The van der Waals surface area contributed by atoms with Crippen LogP contribution < -0.4 is 10.2 Å². The second-order valence-electron chi connectivity index (χ2n) is 4.86. The molecule has 3 aromatic rings. The fourth-order valence-corrected chi connectivity index (χ4v) is 3.10. The van der Waals surface area contributed by atoms with Crippen LogP contribution in [0.2, 0.25) is 0 Å². The topological polar surface area (TPSA) is 104 Å². The van der Waals surface area contributed by atoms with E-state index in [9.17, 15) is 9.59 Å². The minimum atomic E-state index is -0.321. The zero-order valence-corrected chi connectivity index (χ0v) is 12.5. The maximum absolute atomic E-state index is 12.7. The Morgan fingerprint density at radius 3 is 3.09 bits per heavy atom. The van der Waals surface area contributed by atoms with E-state index >= 15 is 0 Å². The first-order valence-electron chi connectivity index (χ1n) is 6.73. The van der Waals surface area contributed by atoms with Gasteiger partial charge in [-0.15, -0.1) is 11.3 Å². The molecule has 8 nitrogen and oxygen atoms in total. The zero-order valence-electron chi connectivity index (χ0n) is 11.7. The Balaban J connectivity index is 1.68. The molecule has 0 bridgehead atoms. The second-order valence-corrected chi connectivity index (χ2v) is 5.72. The van der Waals surface area contributed by atoms with Crippen molar-refractivity contribution < 1.29 is 9.59 Å². The van der Waals surface area contributed by atoms with Gasteiger partial charge in [-0.2, -0.15) is 5.10 Å². The number of hydrogen-bond acceptors (Lipinski definition) is 6. The lowest BCUT2D eigenvalue weighted by atomic mass is 10.2. The van der Waals surface area contributed by atoms with Crippen LogP contribution >= 0.6 is 11.3 Å². The number of aromatic nitrogens is 4. The molecule has 0 saturated heterocycles. The Morgan fingerprint density at radius 1 is 1.35 bits per heavy atom. The lowest BCUT2D eigenvalue weighted by Crippen LogP contribution is -2.42. The Kier molecular flexibility index (Phi) is 3.12. The van der Waals surface area contributed by atoms with Gasteiger partial charge in [0.05, 0.1) is 23.8 Å². The number of rotatable bonds is 2. The first kappa shape index (κ1) is 13.6. The zero-order chi connectivity index (χ0) is 15.8. The van der Waals surface area contributed by atoms with Crippen molar-refractivity contribution in [1.82, 2.24) is 20.2 Å². The highest BCUT2D eigenvalue weighted by Crippen LogP contribution is 2.30. The summed E-state index contributed by atoms with van der Waals surface area (Å²) in [7, 11) is 0. The third kappa shape index (κ3) is 2.36. The maximum Gasteiger partial charge on any atom is 0.278 e. The van der Waals surface area contributed by atoms with Crippen molar-refractivity contribution in [2.45, 2.75) is 0 Å². The highest BCUT2D eigenvalue weighted by Gasteiger charge is 2.29. The smallest absolute Gasteiger partial charge is 0.278 e. The lowest BCUT2D eigenvalue weighted by molar-refractivity contribution is -0.115. The molecular formula is C14H10N6O2S. The summed E-state index contributed by atoms with van der Waals surface area (Å²) in [6, 6.07) is 1.69. The number of thiazole rings is 1. The van der Waals surface area contributed by atoms with Gasteiger partial charge < -0.3 is 5.32 Å². The Bertz CT molecular complexity index is 888.